The highest BCUT2D eigenvalue weighted by Gasteiger charge is 2.19. The average Bonchev–Trinajstić information content (AvgIpc) is 3.06. The van der Waals surface area contributed by atoms with Gasteiger partial charge in [0.05, 0.1) is 51.9 Å². The lowest BCUT2D eigenvalue weighted by atomic mass is 10.2. The van der Waals surface area contributed by atoms with Gasteiger partial charge in [0, 0.05) is 17.1 Å². The maximum Gasteiger partial charge on any atom is 0.338 e. The number of hydrogen-bond acceptors (Lipinski definition) is 12. The quantitative estimate of drug-likeness (QED) is 0.0444. The summed E-state index contributed by atoms with van der Waals surface area (Å²) in [6, 6.07) is 20.5. The van der Waals surface area contributed by atoms with Crippen LogP contribution in [0.15, 0.2) is 72.8 Å². The number of unbranched alkanes of at least 4 members (excludes halogenated alkanes) is 1. The predicted molar refractivity (Wildman–Crippen MR) is 201 cm³/mol. The van der Waals surface area contributed by atoms with E-state index in [0.29, 0.717) is 52.8 Å². The normalized spacial score (nSPS) is 11.3. The second-order valence-corrected chi connectivity index (χ2v) is 25.0. The number of benzene rings is 3. The molecule has 1 heterocycles. The number of aromatic nitrogens is 3. The number of ether oxygens (including phenoxy) is 3. The van der Waals surface area contributed by atoms with Gasteiger partial charge in [-0.25, -0.2) is 14.4 Å². The van der Waals surface area contributed by atoms with Crippen LogP contribution in [0.5, 0.6) is 0 Å². The fourth-order valence-corrected chi connectivity index (χ4v) is 5.25. The van der Waals surface area contributed by atoms with Crippen LogP contribution in [0.4, 0.5) is 34.9 Å². The maximum atomic E-state index is 12.5. The molecule has 0 aliphatic carbocycles. The van der Waals surface area contributed by atoms with Crippen molar-refractivity contribution in [2.45, 2.75) is 59.0 Å². The van der Waals surface area contributed by atoms with E-state index in [4.69, 9.17) is 14.2 Å². The second-order valence-electron chi connectivity index (χ2n) is 14.2. The van der Waals surface area contributed by atoms with Crippen molar-refractivity contribution < 1.29 is 28.6 Å². The minimum Gasteiger partial charge on any atom is -0.466 e. The van der Waals surface area contributed by atoms with Gasteiger partial charge < -0.3 is 30.2 Å². The van der Waals surface area contributed by atoms with Gasteiger partial charge in [-0.1, -0.05) is 52.6 Å². The summed E-state index contributed by atoms with van der Waals surface area (Å²) >= 11 is 0. The van der Waals surface area contributed by atoms with Crippen LogP contribution in [0, 0.1) is 0 Å². The van der Waals surface area contributed by atoms with E-state index in [9.17, 15) is 14.4 Å². The van der Waals surface area contributed by atoms with Gasteiger partial charge in [-0.15, -0.1) is 0 Å². The topological polar surface area (TPSA) is 154 Å². The molecule has 0 unspecified atom stereocenters. The van der Waals surface area contributed by atoms with Crippen molar-refractivity contribution in [2.75, 3.05) is 35.0 Å². The molecular formula is C36H46N6O6Si2. The molecule has 0 aliphatic heterocycles. The van der Waals surface area contributed by atoms with Crippen LogP contribution in [0.1, 0.15) is 50.8 Å². The molecule has 4 aromatic rings. The van der Waals surface area contributed by atoms with Gasteiger partial charge in [-0.3, -0.25) is 0 Å². The summed E-state index contributed by atoms with van der Waals surface area (Å²) in [6.45, 7) is 15.2. The number of nitrogens with one attached hydrogen (secondary N) is 3. The molecule has 0 spiro atoms. The molecule has 3 N–H and O–H groups in total. The zero-order valence-electron chi connectivity index (χ0n) is 29.8. The van der Waals surface area contributed by atoms with Crippen molar-refractivity contribution in [3.8, 4) is 0 Å². The monoisotopic (exact) mass is 714 g/mol. The fourth-order valence-electron chi connectivity index (χ4n) is 4.12. The van der Waals surface area contributed by atoms with Crippen molar-refractivity contribution in [2.24, 2.45) is 0 Å². The minimum atomic E-state index is -1.54. The molecule has 1 aromatic heterocycles. The lowest BCUT2D eigenvalue weighted by Gasteiger charge is -2.16. The third kappa shape index (κ3) is 12.4. The standard InChI is InChI=1S/C36H46N6O6Si2/c1-8-9-22-46-31(43)25-10-16-28(17-11-25)37-34-40-35(38-29-18-12-26(13-19-29)32(44)47-23-49(2,3)4)42-36(41-34)39-30-20-14-27(15-21-30)33(45)48-24-50(5,6)7/h10-21H,8-9,22-24H2,1-7H3,(H3,37,38,39,40,41,42). The fraction of sp³-hybridized carbons (Fsp3) is 0.333. The van der Waals surface area contributed by atoms with E-state index < -0.39 is 16.1 Å². The van der Waals surface area contributed by atoms with Gasteiger partial charge in [0.1, 0.15) is 0 Å². The van der Waals surface area contributed by atoms with Crippen molar-refractivity contribution in [1.29, 1.82) is 0 Å². The van der Waals surface area contributed by atoms with Gasteiger partial charge in [0.25, 0.3) is 0 Å². The lowest BCUT2D eigenvalue weighted by molar-refractivity contribution is 0.0497. The largest absolute Gasteiger partial charge is 0.466 e. The van der Waals surface area contributed by atoms with Crippen molar-refractivity contribution in [1.82, 2.24) is 15.0 Å². The molecule has 50 heavy (non-hydrogen) atoms. The van der Waals surface area contributed by atoms with Crippen molar-refractivity contribution in [3.05, 3.63) is 89.5 Å². The van der Waals surface area contributed by atoms with Gasteiger partial charge in [0.2, 0.25) is 17.8 Å². The Kier molecular flexibility index (Phi) is 12.8. The Morgan fingerprint density at radius 1 is 0.520 bits per heavy atom. The van der Waals surface area contributed by atoms with Gasteiger partial charge >= 0.3 is 17.9 Å². The third-order valence-electron chi connectivity index (χ3n) is 6.77. The summed E-state index contributed by atoms with van der Waals surface area (Å²) < 4.78 is 16.3. The van der Waals surface area contributed by atoms with Crippen molar-refractivity contribution >= 4 is 69.0 Å². The number of anilines is 6. The van der Waals surface area contributed by atoms with Crippen LogP contribution in [0.2, 0.25) is 39.3 Å². The number of carbonyl (C=O) groups excluding carboxylic acids is 3. The third-order valence-corrected chi connectivity index (χ3v) is 8.79. The molecule has 264 valence electrons. The van der Waals surface area contributed by atoms with Gasteiger partial charge in [-0.05, 0) is 79.2 Å². The summed E-state index contributed by atoms with van der Waals surface area (Å²) in [6.07, 6.45) is 2.63. The molecule has 0 saturated carbocycles. The van der Waals surface area contributed by atoms with Gasteiger partial charge in [0.15, 0.2) is 0 Å². The van der Waals surface area contributed by atoms with Crippen LogP contribution in [-0.2, 0) is 14.2 Å². The van der Waals surface area contributed by atoms with Gasteiger partial charge in [-0.2, -0.15) is 15.0 Å². The highest BCUT2D eigenvalue weighted by molar-refractivity contribution is 6.76. The molecule has 0 bridgehead atoms. The van der Waals surface area contributed by atoms with Crippen LogP contribution in [-0.4, -0.2) is 68.1 Å². The zero-order valence-corrected chi connectivity index (χ0v) is 31.8. The minimum absolute atomic E-state index is 0.223. The molecular weight excluding hydrogens is 669 g/mol. The number of esters is 3. The number of nitrogens with zero attached hydrogens (tertiary/aromatic N) is 3. The first kappa shape index (κ1) is 37.7. The molecule has 0 atom stereocenters. The Balaban J connectivity index is 1.53. The lowest BCUT2D eigenvalue weighted by Crippen LogP contribution is -2.29. The van der Waals surface area contributed by atoms with E-state index in [1.807, 2.05) is 6.92 Å². The van der Waals surface area contributed by atoms with E-state index in [1.54, 1.807) is 72.8 Å². The van der Waals surface area contributed by atoms with E-state index in [2.05, 4.69) is 70.2 Å². The number of rotatable bonds is 16. The highest BCUT2D eigenvalue weighted by atomic mass is 28.3. The predicted octanol–water partition coefficient (Wildman–Crippen LogP) is 8.13. The molecule has 0 saturated heterocycles. The van der Waals surface area contributed by atoms with E-state index >= 15 is 0 Å². The molecule has 0 fully saturated rings. The molecule has 0 amide bonds. The Hall–Kier alpha value is -5.09. The first-order valence-corrected chi connectivity index (χ1v) is 24.0. The second kappa shape index (κ2) is 17.0. The Labute approximate surface area is 295 Å². The molecule has 0 aliphatic rings. The summed E-state index contributed by atoms with van der Waals surface area (Å²) in [7, 11) is -3.09. The first-order chi connectivity index (χ1) is 23.7. The van der Waals surface area contributed by atoms with Crippen molar-refractivity contribution in [3.63, 3.8) is 0 Å². The summed E-state index contributed by atoms with van der Waals surface area (Å²) in [5, 5.41) is 9.51. The van der Waals surface area contributed by atoms with E-state index in [0.717, 1.165) is 12.8 Å². The Bertz CT molecular complexity index is 1660. The summed E-state index contributed by atoms with van der Waals surface area (Å²) in [5.74, 6) is -0.445. The molecule has 14 heteroatoms. The maximum absolute atomic E-state index is 12.5. The molecule has 12 nitrogen and oxygen atoms in total. The zero-order chi connectivity index (χ0) is 36.3. The number of carbonyl (C=O) groups is 3. The summed E-state index contributed by atoms with van der Waals surface area (Å²) in [5.41, 5.74) is 3.25. The molecule has 0 radical (unpaired) electrons. The van der Waals surface area contributed by atoms with Crippen LogP contribution in [0.25, 0.3) is 0 Å². The highest BCUT2D eigenvalue weighted by Crippen LogP contribution is 2.23. The van der Waals surface area contributed by atoms with Crippen LogP contribution in [0.3, 0.4) is 0 Å². The first-order valence-electron chi connectivity index (χ1n) is 16.6. The van der Waals surface area contributed by atoms with E-state index in [1.165, 1.54) is 0 Å². The average molecular weight is 715 g/mol. The van der Waals surface area contributed by atoms with E-state index in [-0.39, 0.29) is 35.8 Å². The smallest absolute Gasteiger partial charge is 0.338 e. The Morgan fingerprint density at radius 2 is 0.820 bits per heavy atom. The SMILES string of the molecule is CCCCOC(=O)c1ccc(Nc2nc(Nc3ccc(C(=O)OC[Si](C)(C)C)cc3)nc(Nc3ccc(C(=O)OC[Si](C)(C)C)cc3)n2)cc1. The summed E-state index contributed by atoms with van der Waals surface area (Å²) in [4.78, 5) is 51.0. The van der Waals surface area contributed by atoms with Crippen LogP contribution >= 0.6 is 0 Å². The number of hydrogen-bond donors (Lipinski definition) is 3. The molecule has 4 rings (SSSR count). The Morgan fingerprint density at radius 3 is 1.10 bits per heavy atom. The molecule has 3 aromatic carbocycles. The van der Waals surface area contributed by atoms with Crippen LogP contribution < -0.4 is 16.0 Å².